The topological polar surface area (TPSA) is 173 Å². The highest BCUT2D eigenvalue weighted by Crippen LogP contribution is 2.49. The van der Waals surface area contributed by atoms with Gasteiger partial charge in [0.25, 0.3) is 21.9 Å². The molecule has 4 N–H and O–H groups in total. The van der Waals surface area contributed by atoms with Crippen molar-refractivity contribution < 1.29 is 37.2 Å². The second-order valence-corrected chi connectivity index (χ2v) is 15.7. The zero-order valence-electron chi connectivity index (χ0n) is 27.2. The number of ether oxygens (including phenoxy) is 1. The SMILES string of the molecule is CC(C)C1C(=O)N2CCCC2C2(O)OC(NC(=O)C3CC4c5cccc6[nH]cc(c56)CC4N(C)C3)(C(C)C)C(=O)N12.CS(=O)(=O)O. The van der Waals surface area contributed by atoms with Gasteiger partial charge < -0.3 is 25.2 Å². The Hall–Kier alpha value is -3.04. The summed E-state index contributed by atoms with van der Waals surface area (Å²) in [5.41, 5.74) is 1.93. The summed E-state index contributed by atoms with van der Waals surface area (Å²) in [7, 11) is -1.60. The maximum Gasteiger partial charge on any atom is 0.281 e. The lowest BCUT2D eigenvalue weighted by atomic mass is 9.72. The number of piperidine rings is 1. The smallest absolute Gasteiger partial charge is 0.281 e. The number of carbonyl (C=O) groups is 3. The van der Waals surface area contributed by atoms with Crippen LogP contribution in [0.25, 0.3) is 10.9 Å². The van der Waals surface area contributed by atoms with E-state index in [9.17, 15) is 27.9 Å². The van der Waals surface area contributed by atoms with Gasteiger partial charge in [0.1, 0.15) is 12.1 Å². The molecule has 5 heterocycles. The number of H-pyrrole nitrogens is 1. The number of likely N-dealkylation sites (tertiary alicyclic amines) is 1. The first kappa shape index (κ1) is 32.9. The lowest BCUT2D eigenvalue weighted by Gasteiger charge is -2.49. The molecule has 7 atom stereocenters. The van der Waals surface area contributed by atoms with Crippen LogP contribution in [0, 0.1) is 17.8 Å². The van der Waals surface area contributed by atoms with E-state index >= 15 is 0 Å². The van der Waals surface area contributed by atoms with Crippen molar-refractivity contribution in [1.29, 1.82) is 0 Å². The molecule has 3 amide bonds. The second-order valence-electron chi connectivity index (χ2n) is 14.3. The quantitative estimate of drug-likeness (QED) is 0.356. The number of carbonyl (C=O) groups excluding carboxylic acids is 3. The van der Waals surface area contributed by atoms with E-state index in [1.54, 1.807) is 4.90 Å². The summed E-state index contributed by atoms with van der Waals surface area (Å²) < 4.78 is 32.3. The van der Waals surface area contributed by atoms with Crippen LogP contribution in [0.1, 0.15) is 64.0 Å². The van der Waals surface area contributed by atoms with Crippen molar-refractivity contribution in [2.75, 3.05) is 26.4 Å². The van der Waals surface area contributed by atoms with Crippen LogP contribution in [0.5, 0.6) is 0 Å². The molecule has 5 aliphatic rings. The van der Waals surface area contributed by atoms with Crippen molar-refractivity contribution in [2.45, 2.75) is 89.1 Å². The number of hydrogen-bond donors (Lipinski definition) is 4. The minimum atomic E-state index is -3.67. The van der Waals surface area contributed by atoms with E-state index in [0.29, 0.717) is 32.2 Å². The van der Waals surface area contributed by atoms with Gasteiger partial charge in [-0.15, -0.1) is 0 Å². The number of nitrogens with one attached hydrogen (secondary N) is 2. The monoisotopic (exact) mass is 659 g/mol. The first-order valence-corrected chi connectivity index (χ1v) is 17.9. The van der Waals surface area contributed by atoms with Gasteiger partial charge >= 0.3 is 0 Å². The molecule has 1 aromatic heterocycles. The Labute approximate surface area is 269 Å². The predicted octanol–water partition coefficient (Wildman–Crippen LogP) is 1.63. The number of rotatable bonds is 4. The summed E-state index contributed by atoms with van der Waals surface area (Å²) >= 11 is 0. The summed E-state index contributed by atoms with van der Waals surface area (Å²) in [6, 6.07) is 5.10. The van der Waals surface area contributed by atoms with Crippen molar-refractivity contribution in [3.05, 3.63) is 35.5 Å². The molecular formula is C32H45N5O8S. The van der Waals surface area contributed by atoms with Gasteiger partial charge in [0.15, 0.2) is 0 Å². The second kappa shape index (κ2) is 11.3. The summed E-state index contributed by atoms with van der Waals surface area (Å²) in [6.07, 6.45) is 5.66. The maximum absolute atomic E-state index is 14.3. The zero-order valence-corrected chi connectivity index (χ0v) is 28.0. The number of aromatic nitrogens is 1. The number of aliphatic hydroxyl groups is 1. The van der Waals surface area contributed by atoms with Crippen LogP contribution in [-0.2, 0) is 35.7 Å². The molecule has 0 saturated carbocycles. The first-order valence-electron chi connectivity index (χ1n) is 16.1. The number of nitrogens with zero attached hydrogens (tertiary/aromatic N) is 3. The third-order valence-corrected chi connectivity index (χ3v) is 10.5. The van der Waals surface area contributed by atoms with E-state index in [2.05, 4.69) is 46.6 Å². The average molecular weight is 660 g/mol. The van der Waals surface area contributed by atoms with Gasteiger partial charge in [-0.3, -0.25) is 28.6 Å². The van der Waals surface area contributed by atoms with E-state index in [1.807, 2.05) is 27.7 Å². The van der Waals surface area contributed by atoms with Crippen LogP contribution in [0.2, 0.25) is 0 Å². The van der Waals surface area contributed by atoms with Crippen LogP contribution < -0.4 is 5.32 Å². The number of likely N-dealkylation sites (N-methyl/N-ethyl adjacent to an activating group) is 1. The fourth-order valence-corrected chi connectivity index (χ4v) is 8.50. The fraction of sp³-hybridized carbons (Fsp3) is 0.656. The Kier molecular flexibility index (Phi) is 8.07. The molecule has 252 valence electrons. The van der Waals surface area contributed by atoms with E-state index in [4.69, 9.17) is 9.29 Å². The zero-order chi connectivity index (χ0) is 33.5. The molecule has 14 heteroatoms. The molecular weight excluding hydrogens is 614 g/mol. The first-order chi connectivity index (χ1) is 21.5. The van der Waals surface area contributed by atoms with Gasteiger partial charge in [-0.1, -0.05) is 39.8 Å². The van der Waals surface area contributed by atoms with Crippen LogP contribution in [0.3, 0.4) is 0 Å². The van der Waals surface area contributed by atoms with Gasteiger partial charge in [-0.25, -0.2) is 0 Å². The summed E-state index contributed by atoms with van der Waals surface area (Å²) in [5.74, 6) is -3.87. The molecule has 1 aromatic carbocycles. The lowest BCUT2D eigenvalue weighted by Crippen LogP contribution is -2.72. The average Bonchev–Trinajstić information content (AvgIpc) is 3.67. The van der Waals surface area contributed by atoms with Crippen molar-refractivity contribution in [2.24, 2.45) is 17.8 Å². The Morgan fingerprint density at radius 1 is 1.20 bits per heavy atom. The van der Waals surface area contributed by atoms with Gasteiger partial charge in [0.2, 0.25) is 17.5 Å². The summed E-state index contributed by atoms with van der Waals surface area (Å²) in [5, 5.41) is 16.4. The number of aromatic amines is 1. The molecule has 0 spiro atoms. The number of amides is 3. The van der Waals surface area contributed by atoms with Gasteiger partial charge in [-0.2, -0.15) is 8.42 Å². The Bertz CT molecular complexity index is 1670. The molecule has 0 radical (unpaired) electrons. The third-order valence-electron chi connectivity index (χ3n) is 10.5. The summed E-state index contributed by atoms with van der Waals surface area (Å²) in [6.45, 7) is 8.45. The van der Waals surface area contributed by atoms with Gasteiger partial charge in [0.05, 0.1) is 12.2 Å². The number of hydrogen-bond acceptors (Lipinski definition) is 8. The highest BCUT2D eigenvalue weighted by Gasteiger charge is 2.72. The van der Waals surface area contributed by atoms with Crippen molar-refractivity contribution in [3.8, 4) is 0 Å². The molecule has 7 unspecified atom stereocenters. The Balaban J connectivity index is 0.000000692. The van der Waals surface area contributed by atoms with Crippen molar-refractivity contribution in [3.63, 3.8) is 0 Å². The molecule has 1 aliphatic carbocycles. The lowest BCUT2D eigenvalue weighted by molar-refractivity contribution is -0.323. The van der Waals surface area contributed by atoms with E-state index < -0.39 is 45.7 Å². The number of fused-ring (bicyclic) bond motifs is 5. The minimum Gasteiger partial charge on any atom is -0.361 e. The van der Waals surface area contributed by atoms with E-state index in [0.717, 1.165) is 18.4 Å². The highest BCUT2D eigenvalue weighted by atomic mass is 32.2. The molecule has 4 saturated heterocycles. The van der Waals surface area contributed by atoms with Crippen LogP contribution in [0.15, 0.2) is 24.4 Å². The minimum absolute atomic E-state index is 0.162. The normalized spacial score (nSPS) is 34.0. The predicted molar refractivity (Wildman–Crippen MR) is 169 cm³/mol. The highest BCUT2D eigenvalue weighted by molar-refractivity contribution is 7.85. The largest absolute Gasteiger partial charge is 0.361 e. The van der Waals surface area contributed by atoms with Gasteiger partial charge in [-0.05, 0) is 55.8 Å². The fourth-order valence-electron chi connectivity index (χ4n) is 8.50. The van der Waals surface area contributed by atoms with Crippen molar-refractivity contribution in [1.82, 2.24) is 25.0 Å². The molecule has 2 aromatic rings. The van der Waals surface area contributed by atoms with E-state index in [-0.39, 0.29) is 35.6 Å². The Morgan fingerprint density at radius 3 is 2.54 bits per heavy atom. The standard InChI is InChI=1S/C31H41N5O5.CH4O3S/c1-16(2)26-28(38)35-11-7-10-24(35)31(40)36(26)29(39)30(41-31,17(3)4)33-27(37)19-12-21-20-8-6-9-22-25(20)18(14-32-22)13-23(21)34(5)15-19;1-5(2,3)4/h6,8-9,14,16-17,19,21,23-24,26,32,40H,7,10-13,15H2,1-5H3,(H,33,37);1H3,(H,2,3,4). The van der Waals surface area contributed by atoms with Crippen LogP contribution in [0.4, 0.5) is 0 Å². The molecule has 13 nitrogen and oxygen atoms in total. The van der Waals surface area contributed by atoms with Crippen LogP contribution in [-0.4, -0.2) is 112 Å². The number of piperazine rings is 1. The Morgan fingerprint density at radius 2 is 1.89 bits per heavy atom. The molecule has 7 rings (SSSR count). The van der Waals surface area contributed by atoms with E-state index in [1.165, 1.54) is 21.4 Å². The van der Waals surface area contributed by atoms with Crippen molar-refractivity contribution >= 4 is 38.7 Å². The van der Waals surface area contributed by atoms with Crippen LogP contribution >= 0.6 is 0 Å². The summed E-state index contributed by atoms with van der Waals surface area (Å²) in [4.78, 5) is 50.6. The molecule has 0 bridgehead atoms. The maximum atomic E-state index is 14.3. The third kappa shape index (κ3) is 5.13. The van der Waals surface area contributed by atoms with Gasteiger partial charge in [0, 0.05) is 48.1 Å². The molecule has 46 heavy (non-hydrogen) atoms. The molecule has 4 fully saturated rings. The number of benzene rings is 1. The molecule has 4 aliphatic heterocycles.